The third-order valence-electron chi connectivity index (χ3n) is 1.66. The van der Waals surface area contributed by atoms with E-state index >= 15 is 0 Å². The van der Waals surface area contributed by atoms with E-state index in [0.29, 0.717) is 11.4 Å². The van der Waals surface area contributed by atoms with Crippen LogP contribution in [0.3, 0.4) is 0 Å². The van der Waals surface area contributed by atoms with E-state index in [4.69, 9.17) is 12.3 Å². The third-order valence-corrected chi connectivity index (χ3v) is 1.66. The summed E-state index contributed by atoms with van der Waals surface area (Å²) >= 11 is 0. The van der Waals surface area contributed by atoms with E-state index in [1.807, 2.05) is 0 Å². The number of anilines is 1. The van der Waals surface area contributed by atoms with Crippen molar-refractivity contribution in [3.05, 3.63) is 29.1 Å². The molecule has 4 nitrogen and oxygen atoms in total. The third kappa shape index (κ3) is 1.95. The fourth-order valence-corrected chi connectivity index (χ4v) is 1.03. The Balaban J connectivity index is 3.32. The van der Waals surface area contributed by atoms with Gasteiger partial charge in [0.2, 0.25) is 5.82 Å². The van der Waals surface area contributed by atoms with Crippen LogP contribution in [-0.4, -0.2) is 10.1 Å². The first-order valence-corrected chi connectivity index (χ1v) is 3.82. The molecule has 3 N–H and O–H groups in total. The van der Waals surface area contributed by atoms with Gasteiger partial charge < -0.3 is 15.7 Å². The van der Waals surface area contributed by atoms with Crippen LogP contribution in [0.25, 0.3) is 4.85 Å². The molecular weight excluding hydrogens is 166 g/mol. The number of hydrogen-bond donors (Lipinski definition) is 2. The number of nitrogens with two attached hydrogens (primary N) is 1. The van der Waals surface area contributed by atoms with Crippen molar-refractivity contribution >= 4 is 11.6 Å². The monoisotopic (exact) mass is 177 g/mol. The zero-order chi connectivity index (χ0) is 10.1. The number of aromatic nitrogens is 1. The summed E-state index contributed by atoms with van der Waals surface area (Å²) in [5.74, 6) is 0.450. The zero-order valence-corrected chi connectivity index (χ0v) is 7.57. The van der Waals surface area contributed by atoms with Gasteiger partial charge in [-0.25, -0.2) is 0 Å². The molecule has 0 unspecified atom stereocenters. The Bertz CT molecular complexity index is 360. The fourth-order valence-electron chi connectivity index (χ4n) is 1.03. The number of hydrogen-bond acceptors (Lipinski definition) is 3. The van der Waals surface area contributed by atoms with Crippen molar-refractivity contribution in [3.63, 3.8) is 0 Å². The molecule has 0 aliphatic rings. The van der Waals surface area contributed by atoms with Crippen LogP contribution in [0.5, 0.6) is 0 Å². The molecule has 0 bridgehead atoms. The quantitative estimate of drug-likeness (QED) is 0.638. The average Bonchev–Trinajstić information content (AvgIpc) is 2.01. The lowest BCUT2D eigenvalue weighted by Gasteiger charge is -2.18. The molecule has 0 fully saturated rings. The first-order valence-electron chi connectivity index (χ1n) is 3.82. The van der Waals surface area contributed by atoms with E-state index in [9.17, 15) is 5.11 Å². The van der Waals surface area contributed by atoms with Crippen molar-refractivity contribution in [3.8, 4) is 0 Å². The summed E-state index contributed by atoms with van der Waals surface area (Å²) in [4.78, 5) is 7.02. The van der Waals surface area contributed by atoms with Crippen LogP contribution < -0.4 is 5.73 Å². The van der Waals surface area contributed by atoms with Gasteiger partial charge >= 0.3 is 0 Å². The number of pyridine rings is 1. The predicted molar refractivity (Wildman–Crippen MR) is 50.2 cm³/mol. The van der Waals surface area contributed by atoms with E-state index < -0.39 is 5.60 Å². The molecule has 0 radical (unpaired) electrons. The summed E-state index contributed by atoms with van der Waals surface area (Å²) in [5.41, 5.74) is 4.85. The lowest BCUT2D eigenvalue weighted by atomic mass is 9.99. The van der Waals surface area contributed by atoms with Gasteiger partial charge in [-0.3, -0.25) is 0 Å². The van der Waals surface area contributed by atoms with Crippen LogP contribution >= 0.6 is 0 Å². The highest BCUT2D eigenvalue weighted by Gasteiger charge is 2.21. The van der Waals surface area contributed by atoms with Crippen molar-refractivity contribution in [2.75, 3.05) is 5.73 Å². The van der Waals surface area contributed by atoms with Gasteiger partial charge in [0.25, 0.3) is 5.82 Å². The maximum Gasteiger partial charge on any atom is 0.277 e. The van der Waals surface area contributed by atoms with Gasteiger partial charge in [-0.05, 0) is 13.8 Å². The van der Waals surface area contributed by atoms with Crippen molar-refractivity contribution in [1.29, 1.82) is 0 Å². The van der Waals surface area contributed by atoms with Crippen LogP contribution in [-0.2, 0) is 5.60 Å². The SMILES string of the molecule is [C-]#[N+]c1nc(N)ccc1C(C)(C)O. The zero-order valence-electron chi connectivity index (χ0n) is 7.57. The molecule has 0 aliphatic heterocycles. The lowest BCUT2D eigenvalue weighted by molar-refractivity contribution is 0.0792. The van der Waals surface area contributed by atoms with Crippen molar-refractivity contribution < 1.29 is 5.11 Å². The molecule has 0 atom stereocenters. The second-order valence-corrected chi connectivity index (χ2v) is 3.28. The highest BCUT2D eigenvalue weighted by atomic mass is 16.3. The standard InChI is InChI=1S/C9H11N3O/c1-9(2,13)6-4-5-7(10)12-8(6)11-3/h4-5,13H,1-2H3,(H2,10,12). The summed E-state index contributed by atoms with van der Waals surface area (Å²) < 4.78 is 0. The van der Waals surface area contributed by atoms with Crippen LogP contribution in [0, 0.1) is 6.57 Å². The Morgan fingerprint density at radius 3 is 2.62 bits per heavy atom. The van der Waals surface area contributed by atoms with Gasteiger partial charge in [0.15, 0.2) is 0 Å². The molecule has 13 heavy (non-hydrogen) atoms. The molecule has 1 aromatic heterocycles. The Hall–Kier alpha value is -1.60. The predicted octanol–water partition coefficient (Wildman–Crippen LogP) is 1.44. The van der Waals surface area contributed by atoms with E-state index in [-0.39, 0.29) is 5.82 Å². The van der Waals surface area contributed by atoms with Crippen molar-refractivity contribution in [1.82, 2.24) is 4.98 Å². The topological polar surface area (TPSA) is 63.5 Å². The molecule has 0 saturated heterocycles. The molecule has 1 aromatic rings. The van der Waals surface area contributed by atoms with E-state index in [1.165, 1.54) is 0 Å². The minimum atomic E-state index is -1.05. The van der Waals surface area contributed by atoms with Gasteiger partial charge in [0.1, 0.15) is 0 Å². The average molecular weight is 177 g/mol. The highest BCUT2D eigenvalue weighted by molar-refractivity contribution is 5.52. The molecule has 68 valence electrons. The minimum absolute atomic E-state index is 0.160. The van der Waals surface area contributed by atoms with Gasteiger partial charge in [-0.15, -0.1) is 4.98 Å². The molecule has 0 aliphatic carbocycles. The van der Waals surface area contributed by atoms with Crippen LogP contribution in [0.1, 0.15) is 19.4 Å². The number of nitrogens with zero attached hydrogens (tertiary/aromatic N) is 2. The molecule has 0 aromatic carbocycles. The molecule has 0 spiro atoms. The Kier molecular flexibility index (Phi) is 2.22. The lowest BCUT2D eigenvalue weighted by Crippen LogP contribution is -2.16. The van der Waals surface area contributed by atoms with Crippen molar-refractivity contribution in [2.24, 2.45) is 0 Å². The first-order chi connectivity index (χ1) is 5.95. The molecule has 0 saturated carbocycles. The van der Waals surface area contributed by atoms with Crippen LogP contribution in [0.15, 0.2) is 12.1 Å². The maximum atomic E-state index is 9.67. The van der Waals surface area contributed by atoms with Gasteiger partial charge in [-0.1, -0.05) is 12.6 Å². The largest absolute Gasteiger partial charge is 0.387 e. The highest BCUT2D eigenvalue weighted by Crippen LogP contribution is 2.28. The number of nitrogen functional groups attached to an aromatic ring is 1. The van der Waals surface area contributed by atoms with Gasteiger partial charge in [0, 0.05) is 11.6 Å². The molecule has 0 amide bonds. The summed E-state index contributed by atoms with van der Waals surface area (Å²) in [6.45, 7) is 10.1. The molecule has 1 heterocycles. The summed E-state index contributed by atoms with van der Waals surface area (Å²) in [6.07, 6.45) is 0. The summed E-state index contributed by atoms with van der Waals surface area (Å²) in [7, 11) is 0. The maximum absolute atomic E-state index is 9.67. The smallest absolute Gasteiger partial charge is 0.277 e. The van der Waals surface area contributed by atoms with Gasteiger partial charge in [-0.2, -0.15) is 0 Å². The Morgan fingerprint density at radius 1 is 1.54 bits per heavy atom. The second kappa shape index (κ2) is 3.04. The number of aliphatic hydroxyl groups is 1. The van der Waals surface area contributed by atoms with Crippen LogP contribution in [0.4, 0.5) is 11.6 Å². The summed E-state index contributed by atoms with van der Waals surface area (Å²) in [6, 6.07) is 3.19. The van der Waals surface area contributed by atoms with Crippen LogP contribution in [0.2, 0.25) is 0 Å². The van der Waals surface area contributed by atoms with Crippen molar-refractivity contribution in [2.45, 2.75) is 19.4 Å². The molecule has 1 rings (SSSR count). The number of rotatable bonds is 1. The minimum Gasteiger partial charge on any atom is -0.387 e. The molecular formula is C9H11N3O. The second-order valence-electron chi connectivity index (χ2n) is 3.28. The van der Waals surface area contributed by atoms with E-state index in [0.717, 1.165) is 0 Å². The van der Waals surface area contributed by atoms with E-state index in [1.54, 1.807) is 26.0 Å². The Morgan fingerprint density at radius 2 is 2.15 bits per heavy atom. The van der Waals surface area contributed by atoms with E-state index in [2.05, 4.69) is 9.83 Å². The summed E-state index contributed by atoms with van der Waals surface area (Å²) in [5, 5.41) is 9.67. The van der Waals surface area contributed by atoms with Gasteiger partial charge in [0.05, 0.1) is 5.60 Å². The molecule has 4 heteroatoms. The fraction of sp³-hybridized carbons (Fsp3) is 0.333. The normalized spacial score (nSPS) is 10.9. The Labute approximate surface area is 76.8 Å². The first kappa shape index (κ1) is 9.49.